The molecule has 0 aliphatic carbocycles. The lowest BCUT2D eigenvalue weighted by atomic mass is 10.1. The van der Waals surface area contributed by atoms with Crippen LogP contribution >= 0.6 is 12.4 Å². The number of fused-ring (bicyclic) bond motifs is 1. The number of aromatic nitrogens is 2. The predicted molar refractivity (Wildman–Crippen MR) is 61.3 cm³/mol. The first kappa shape index (κ1) is 11.7. The zero-order chi connectivity index (χ0) is 10.1. The molecule has 0 unspecified atom stereocenters. The highest BCUT2D eigenvalue weighted by Crippen LogP contribution is 2.17. The van der Waals surface area contributed by atoms with Gasteiger partial charge in [-0.05, 0) is 6.07 Å². The molecule has 1 aromatic carbocycles. The van der Waals surface area contributed by atoms with Crippen molar-refractivity contribution in [3.05, 3.63) is 30.0 Å². The molecule has 0 fully saturated rings. The molecule has 2 rings (SSSR count). The third-order valence-electron chi connectivity index (χ3n) is 2.21. The fourth-order valence-electron chi connectivity index (χ4n) is 1.52. The van der Waals surface area contributed by atoms with Crippen LogP contribution in [0.2, 0.25) is 0 Å². The van der Waals surface area contributed by atoms with E-state index in [0.717, 1.165) is 10.9 Å². The first-order valence-electron chi connectivity index (χ1n) is 4.39. The van der Waals surface area contributed by atoms with Gasteiger partial charge in [0.25, 0.3) is 0 Å². The van der Waals surface area contributed by atoms with Gasteiger partial charge in [0.15, 0.2) is 5.78 Å². The molecule has 0 aliphatic heterocycles. The Morgan fingerprint density at radius 1 is 1.47 bits per heavy atom. The molecule has 1 aromatic heterocycles. The maximum Gasteiger partial charge on any atom is 0.197 e. The third-order valence-corrected chi connectivity index (χ3v) is 2.21. The van der Waals surface area contributed by atoms with E-state index in [2.05, 4.69) is 5.10 Å². The highest BCUT2D eigenvalue weighted by atomic mass is 35.5. The Kier molecular flexibility index (Phi) is 3.44. The molecule has 0 saturated carbocycles. The summed E-state index contributed by atoms with van der Waals surface area (Å²) < 4.78 is 1.69. The molecular formula is C10H12ClN3O. The molecule has 80 valence electrons. The SMILES string of the molecule is Cl.Cn1nc(C(=O)CN)c2ccccc21. The van der Waals surface area contributed by atoms with Crippen molar-refractivity contribution in [1.82, 2.24) is 9.78 Å². The minimum atomic E-state index is -0.123. The number of benzene rings is 1. The number of rotatable bonds is 2. The van der Waals surface area contributed by atoms with Crippen LogP contribution in [-0.4, -0.2) is 22.1 Å². The molecule has 0 saturated heterocycles. The van der Waals surface area contributed by atoms with Gasteiger partial charge >= 0.3 is 0 Å². The van der Waals surface area contributed by atoms with Gasteiger partial charge in [-0.3, -0.25) is 9.48 Å². The highest BCUT2D eigenvalue weighted by molar-refractivity contribution is 6.06. The Morgan fingerprint density at radius 2 is 2.13 bits per heavy atom. The number of carbonyl (C=O) groups is 1. The van der Waals surface area contributed by atoms with Gasteiger partial charge in [-0.1, -0.05) is 18.2 Å². The van der Waals surface area contributed by atoms with Crippen LogP contribution in [0, 0.1) is 0 Å². The summed E-state index contributed by atoms with van der Waals surface area (Å²) in [7, 11) is 1.82. The topological polar surface area (TPSA) is 60.9 Å². The summed E-state index contributed by atoms with van der Waals surface area (Å²) in [5, 5.41) is 5.01. The molecule has 2 N–H and O–H groups in total. The van der Waals surface area contributed by atoms with E-state index in [9.17, 15) is 4.79 Å². The monoisotopic (exact) mass is 225 g/mol. The smallest absolute Gasteiger partial charge is 0.197 e. The predicted octanol–water partition coefficient (Wildman–Crippen LogP) is 1.14. The summed E-state index contributed by atoms with van der Waals surface area (Å²) in [6.45, 7) is 0.001000. The van der Waals surface area contributed by atoms with Gasteiger partial charge in [0.1, 0.15) is 5.69 Å². The molecule has 2 aromatic rings. The Labute approximate surface area is 93.5 Å². The largest absolute Gasteiger partial charge is 0.324 e. The van der Waals surface area contributed by atoms with Crippen LogP contribution in [0.3, 0.4) is 0 Å². The zero-order valence-electron chi connectivity index (χ0n) is 8.30. The summed E-state index contributed by atoms with van der Waals surface area (Å²) in [6, 6.07) is 7.61. The van der Waals surface area contributed by atoms with Crippen molar-refractivity contribution in [2.75, 3.05) is 6.54 Å². The fraction of sp³-hybridized carbons (Fsp3) is 0.200. The first-order chi connectivity index (χ1) is 6.74. The number of hydrogen-bond donors (Lipinski definition) is 1. The average Bonchev–Trinajstić information content (AvgIpc) is 2.56. The number of nitrogens with two attached hydrogens (primary N) is 1. The van der Waals surface area contributed by atoms with Crippen molar-refractivity contribution in [2.45, 2.75) is 0 Å². The Morgan fingerprint density at radius 3 is 2.80 bits per heavy atom. The third kappa shape index (κ3) is 1.86. The van der Waals surface area contributed by atoms with Gasteiger partial charge in [0.05, 0.1) is 12.1 Å². The number of ketones is 1. The molecule has 4 nitrogen and oxygen atoms in total. The van der Waals surface area contributed by atoms with Gasteiger partial charge in [-0.15, -0.1) is 12.4 Å². The number of carbonyl (C=O) groups excluding carboxylic acids is 1. The summed E-state index contributed by atoms with van der Waals surface area (Å²) in [6.07, 6.45) is 0. The molecule has 0 bridgehead atoms. The minimum Gasteiger partial charge on any atom is -0.324 e. The van der Waals surface area contributed by atoms with Gasteiger partial charge in [0, 0.05) is 12.4 Å². The van der Waals surface area contributed by atoms with Gasteiger partial charge in [-0.25, -0.2) is 0 Å². The molecule has 0 radical (unpaired) electrons. The van der Waals surface area contributed by atoms with E-state index < -0.39 is 0 Å². The number of para-hydroxylation sites is 1. The number of nitrogens with zero attached hydrogens (tertiary/aromatic N) is 2. The second kappa shape index (κ2) is 4.42. The second-order valence-corrected chi connectivity index (χ2v) is 3.12. The second-order valence-electron chi connectivity index (χ2n) is 3.12. The molecular weight excluding hydrogens is 214 g/mol. The van der Waals surface area contributed by atoms with Crippen molar-refractivity contribution in [2.24, 2.45) is 12.8 Å². The van der Waals surface area contributed by atoms with Crippen LogP contribution < -0.4 is 5.73 Å². The zero-order valence-corrected chi connectivity index (χ0v) is 9.12. The number of halogens is 1. The molecule has 5 heteroatoms. The van der Waals surface area contributed by atoms with Crippen LogP contribution in [0.1, 0.15) is 10.5 Å². The highest BCUT2D eigenvalue weighted by Gasteiger charge is 2.13. The quantitative estimate of drug-likeness (QED) is 0.780. The number of Topliss-reactive ketones (excluding diaryl/α,β-unsaturated/α-hetero) is 1. The van der Waals surface area contributed by atoms with Crippen LogP contribution in [-0.2, 0) is 7.05 Å². The normalized spacial score (nSPS) is 10.0. The lowest BCUT2D eigenvalue weighted by Gasteiger charge is -1.91. The van der Waals surface area contributed by atoms with E-state index in [0.29, 0.717) is 5.69 Å². The van der Waals surface area contributed by atoms with Gasteiger partial charge < -0.3 is 5.73 Å². The molecule has 0 amide bonds. The van der Waals surface area contributed by atoms with Gasteiger partial charge in [-0.2, -0.15) is 5.10 Å². The molecule has 0 aliphatic rings. The molecule has 15 heavy (non-hydrogen) atoms. The fourth-order valence-corrected chi connectivity index (χ4v) is 1.52. The van der Waals surface area contributed by atoms with Crippen molar-refractivity contribution in [3.8, 4) is 0 Å². The van der Waals surface area contributed by atoms with Crippen molar-refractivity contribution in [1.29, 1.82) is 0 Å². The van der Waals surface area contributed by atoms with E-state index in [1.807, 2.05) is 31.3 Å². The van der Waals surface area contributed by atoms with Crippen LogP contribution in [0.4, 0.5) is 0 Å². The van der Waals surface area contributed by atoms with E-state index in [1.165, 1.54) is 0 Å². The summed E-state index contributed by atoms with van der Waals surface area (Å²) in [5.74, 6) is -0.123. The van der Waals surface area contributed by atoms with E-state index in [4.69, 9.17) is 5.73 Å². The van der Waals surface area contributed by atoms with Crippen LogP contribution in [0.15, 0.2) is 24.3 Å². The van der Waals surface area contributed by atoms with E-state index in [1.54, 1.807) is 4.68 Å². The number of aryl methyl sites for hydroxylation is 1. The standard InChI is InChI=1S/C10H11N3O.ClH/c1-13-8-5-3-2-4-7(8)10(12-13)9(14)6-11;/h2-5H,6,11H2,1H3;1H. The summed E-state index contributed by atoms with van der Waals surface area (Å²) in [5.41, 5.74) is 6.72. The maximum atomic E-state index is 11.4. The van der Waals surface area contributed by atoms with E-state index in [-0.39, 0.29) is 24.7 Å². The number of hydrogen-bond acceptors (Lipinski definition) is 3. The van der Waals surface area contributed by atoms with Crippen LogP contribution in [0.25, 0.3) is 10.9 Å². The Hall–Kier alpha value is -1.39. The minimum absolute atomic E-state index is 0. The molecule has 0 atom stereocenters. The van der Waals surface area contributed by atoms with Crippen molar-refractivity contribution >= 4 is 29.1 Å². The lowest BCUT2D eigenvalue weighted by molar-refractivity contribution is 0.0997. The summed E-state index contributed by atoms with van der Waals surface area (Å²) >= 11 is 0. The molecule has 1 heterocycles. The Balaban J connectivity index is 0.00000112. The Bertz CT molecular complexity index is 492. The maximum absolute atomic E-state index is 11.4. The average molecular weight is 226 g/mol. The van der Waals surface area contributed by atoms with Crippen molar-refractivity contribution in [3.63, 3.8) is 0 Å². The van der Waals surface area contributed by atoms with E-state index >= 15 is 0 Å². The van der Waals surface area contributed by atoms with Crippen LogP contribution in [0.5, 0.6) is 0 Å². The lowest BCUT2D eigenvalue weighted by Crippen LogP contribution is -2.14. The molecule has 0 spiro atoms. The first-order valence-corrected chi connectivity index (χ1v) is 4.39. The van der Waals surface area contributed by atoms with Crippen molar-refractivity contribution < 1.29 is 4.79 Å². The summed E-state index contributed by atoms with van der Waals surface area (Å²) in [4.78, 5) is 11.4. The van der Waals surface area contributed by atoms with Gasteiger partial charge in [0.2, 0.25) is 0 Å².